The van der Waals surface area contributed by atoms with Gasteiger partial charge in [-0.2, -0.15) is 0 Å². The van der Waals surface area contributed by atoms with Crippen molar-refractivity contribution in [2.75, 3.05) is 19.6 Å². The molecule has 2 aliphatic rings. The van der Waals surface area contributed by atoms with Crippen LogP contribution in [0.3, 0.4) is 0 Å². The lowest BCUT2D eigenvalue weighted by atomic mass is 9.96. The molecule has 5 nitrogen and oxygen atoms in total. The summed E-state index contributed by atoms with van der Waals surface area (Å²) >= 11 is 0. The molecule has 0 bridgehead atoms. The highest BCUT2D eigenvalue weighted by Crippen LogP contribution is 2.21. The van der Waals surface area contributed by atoms with Gasteiger partial charge in [-0.15, -0.1) is 0 Å². The van der Waals surface area contributed by atoms with E-state index in [0.29, 0.717) is 31.7 Å². The highest BCUT2D eigenvalue weighted by molar-refractivity contribution is 5.97. The first-order valence-electron chi connectivity index (χ1n) is 8.45. The minimum atomic E-state index is -0.448. The predicted molar refractivity (Wildman–Crippen MR) is 88.7 cm³/mol. The number of nitrogens with one attached hydrogen (secondary N) is 1. The van der Waals surface area contributed by atoms with Gasteiger partial charge in [-0.05, 0) is 30.0 Å². The van der Waals surface area contributed by atoms with Gasteiger partial charge in [-0.25, -0.2) is 4.39 Å². The molecular formula is C18H24FN3O2. The molecule has 2 atom stereocenters. The number of aryl methyl sites for hydroxylation is 1. The van der Waals surface area contributed by atoms with Crippen molar-refractivity contribution in [1.29, 1.82) is 0 Å². The second-order valence-corrected chi connectivity index (χ2v) is 7.10. The summed E-state index contributed by atoms with van der Waals surface area (Å²) in [5.41, 5.74) is 1.51. The number of carbonyl (C=O) groups excluding carboxylic acids is 2. The number of rotatable bonds is 3. The average Bonchev–Trinajstić information content (AvgIpc) is 2.54. The van der Waals surface area contributed by atoms with E-state index in [2.05, 4.69) is 10.2 Å². The van der Waals surface area contributed by atoms with Gasteiger partial charge in [-0.3, -0.25) is 14.5 Å². The Morgan fingerprint density at radius 1 is 1.29 bits per heavy atom. The fraction of sp³-hybridized carbons (Fsp3) is 0.556. The van der Waals surface area contributed by atoms with Crippen LogP contribution in [-0.2, 0) is 16.1 Å². The van der Waals surface area contributed by atoms with Crippen LogP contribution < -0.4 is 5.32 Å². The molecule has 0 radical (unpaired) electrons. The third kappa shape index (κ3) is 3.15. The maximum atomic E-state index is 13.7. The Balaban J connectivity index is 1.69. The number of hydrogen-bond acceptors (Lipinski definition) is 3. The normalized spacial score (nSPS) is 25.0. The Bertz CT molecular complexity index is 662. The highest BCUT2D eigenvalue weighted by Gasteiger charge is 2.44. The van der Waals surface area contributed by atoms with E-state index in [1.54, 1.807) is 24.0 Å². The van der Waals surface area contributed by atoms with E-state index < -0.39 is 12.1 Å². The van der Waals surface area contributed by atoms with Gasteiger partial charge in [0.05, 0.1) is 0 Å². The van der Waals surface area contributed by atoms with Gasteiger partial charge in [-0.1, -0.05) is 26.0 Å². The number of carbonyl (C=O) groups is 2. The zero-order chi connectivity index (χ0) is 17.4. The molecule has 1 aromatic rings. The van der Waals surface area contributed by atoms with Crippen LogP contribution in [0, 0.1) is 18.7 Å². The number of nitrogens with zero attached hydrogens (tertiary/aromatic N) is 2. The lowest BCUT2D eigenvalue weighted by molar-refractivity contribution is -0.154. The van der Waals surface area contributed by atoms with E-state index in [0.717, 1.165) is 5.56 Å². The highest BCUT2D eigenvalue weighted by atomic mass is 19.1. The van der Waals surface area contributed by atoms with Gasteiger partial charge in [0.15, 0.2) is 0 Å². The van der Waals surface area contributed by atoms with Crippen LogP contribution >= 0.6 is 0 Å². The molecule has 0 spiro atoms. The Kier molecular flexibility index (Phi) is 4.58. The topological polar surface area (TPSA) is 52.6 Å². The van der Waals surface area contributed by atoms with Crippen molar-refractivity contribution >= 4 is 11.8 Å². The fourth-order valence-corrected chi connectivity index (χ4v) is 3.41. The molecule has 2 heterocycles. The zero-order valence-electron chi connectivity index (χ0n) is 14.4. The molecule has 130 valence electrons. The molecule has 0 aromatic heterocycles. The van der Waals surface area contributed by atoms with Gasteiger partial charge >= 0.3 is 0 Å². The molecule has 24 heavy (non-hydrogen) atoms. The number of piperazine rings is 2. The Morgan fingerprint density at radius 3 is 2.71 bits per heavy atom. The smallest absolute Gasteiger partial charge is 0.246 e. The summed E-state index contributed by atoms with van der Waals surface area (Å²) < 4.78 is 13.7. The molecule has 2 fully saturated rings. The van der Waals surface area contributed by atoms with Crippen LogP contribution in [0.15, 0.2) is 18.2 Å². The molecule has 0 unspecified atom stereocenters. The average molecular weight is 333 g/mol. The first kappa shape index (κ1) is 16.9. The molecule has 0 aliphatic carbocycles. The van der Waals surface area contributed by atoms with Crippen molar-refractivity contribution in [3.05, 3.63) is 35.1 Å². The molecule has 3 rings (SSSR count). The van der Waals surface area contributed by atoms with Crippen molar-refractivity contribution in [3.63, 3.8) is 0 Å². The molecule has 2 amide bonds. The van der Waals surface area contributed by atoms with Crippen molar-refractivity contribution in [1.82, 2.24) is 15.1 Å². The predicted octanol–water partition coefficient (Wildman–Crippen LogP) is 1.30. The third-order valence-corrected chi connectivity index (χ3v) is 4.92. The van der Waals surface area contributed by atoms with Crippen LogP contribution in [0.25, 0.3) is 0 Å². The first-order chi connectivity index (χ1) is 11.4. The Hall–Kier alpha value is -1.95. The molecule has 1 aromatic carbocycles. The number of amides is 2. The van der Waals surface area contributed by atoms with E-state index in [9.17, 15) is 14.0 Å². The summed E-state index contributed by atoms with van der Waals surface area (Å²) in [6, 6.07) is 4.35. The maximum absolute atomic E-state index is 13.7. The number of hydrogen-bond donors (Lipinski definition) is 1. The molecule has 6 heteroatoms. The van der Waals surface area contributed by atoms with Crippen molar-refractivity contribution < 1.29 is 14.0 Å². The number of benzene rings is 1. The molecular weight excluding hydrogens is 309 g/mol. The third-order valence-electron chi connectivity index (χ3n) is 4.92. The van der Waals surface area contributed by atoms with Crippen LogP contribution in [0.4, 0.5) is 4.39 Å². The van der Waals surface area contributed by atoms with E-state index in [-0.39, 0.29) is 23.5 Å². The quantitative estimate of drug-likeness (QED) is 0.907. The standard InChI is InChI=1S/C18H24FN3O2/c1-11(2)16-18(24)22-7-6-21(10-15(22)17(23)20-16)9-13-5-4-12(3)14(19)8-13/h4-5,8,11,15-16H,6-7,9-10H2,1-3H3,(H,20,23)/t15-,16+/m1/s1. The summed E-state index contributed by atoms with van der Waals surface area (Å²) in [4.78, 5) is 28.7. The van der Waals surface area contributed by atoms with Gasteiger partial charge in [0, 0.05) is 26.2 Å². The SMILES string of the molecule is Cc1ccc(CN2CCN3C(=O)[C@H](C(C)C)NC(=O)[C@H]3C2)cc1F. The molecule has 2 saturated heterocycles. The maximum Gasteiger partial charge on any atom is 0.246 e. The lowest BCUT2D eigenvalue weighted by Gasteiger charge is -2.46. The zero-order valence-corrected chi connectivity index (χ0v) is 14.4. The number of halogens is 1. The molecule has 0 saturated carbocycles. The van der Waals surface area contributed by atoms with Crippen LogP contribution in [0.1, 0.15) is 25.0 Å². The molecule has 1 N–H and O–H groups in total. The van der Waals surface area contributed by atoms with Gasteiger partial charge < -0.3 is 10.2 Å². The van der Waals surface area contributed by atoms with Crippen LogP contribution in [0.5, 0.6) is 0 Å². The summed E-state index contributed by atoms with van der Waals surface area (Å²) in [5.74, 6) is -0.212. The van der Waals surface area contributed by atoms with Crippen LogP contribution in [0.2, 0.25) is 0 Å². The van der Waals surface area contributed by atoms with Crippen LogP contribution in [-0.4, -0.2) is 53.3 Å². The second-order valence-electron chi connectivity index (χ2n) is 7.10. The number of fused-ring (bicyclic) bond motifs is 1. The van der Waals surface area contributed by atoms with E-state index in [1.807, 2.05) is 19.9 Å². The van der Waals surface area contributed by atoms with Gasteiger partial charge in [0.1, 0.15) is 17.9 Å². The van der Waals surface area contributed by atoms with E-state index in [4.69, 9.17) is 0 Å². The van der Waals surface area contributed by atoms with Crippen molar-refractivity contribution in [2.45, 2.75) is 39.4 Å². The summed E-state index contributed by atoms with van der Waals surface area (Å²) in [6.45, 7) is 7.90. The van der Waals surface area contributed by atoms with Gasteiger partial charge in [0.25, 0.3) is 0 Å². The Labute approximate surface area is 141 Å². The minimum Gasteiger partial charge on any atom is -0.342 e. The van der Waals surface area contributed by atoms with Crippen molar-refractivity contribution in [3.8, 4) is 0 Å². The fourth-order valence-electron chi connectivity index (χ4n) is 3.41. The minimum absolute atomic E-state index is 0.00984. The summed E-state index contributed by atoms with van der Waals surface area (Å²) in [5, 5.41) is 2.85. The second kappa shape index (κ2) is 6.51. The van der Waals surface area contributed by atoms with Gasteiger partial charge in [0.2, 0.25) is 11.8 Å². The lowest BCUT2D eigenvalue weighted by Crippen LogP contribution is -2.70. The summed E-state index contributed by atoms with van der Waals surface area (Å²) in [6.07, 6.45) is 0. The monoisotopic (exact) mass is 333 g/mol. The largest absolute Gasteiger partial charge is 0.342 e. The first-order valence-corrected chi connectivity index (χ1v) is 8.45. The molecule has 2 aliphatic heterocycles. The van der Waals surface area contributed by atoms with E-state index in [1.165, 1.54) is 0 Å². The summed E-state index contributed by atoms with van der Waals surface area (Å²) in [7, 11) is 0. The van der Waals surface area contributed by atoms with E-state index >= 15 is 0 Å². The Morgan fingerprint density at radius 2 is 2.04 bits per heavy atom. The van der Waals surface area contributed by atoms with Crippen molar-refractivity contribution in [2.24, 2.45) is 5.92 Å².